The smallest absolute Gasteiger partial charge is 0.325 e. The molecule has 2 aliphatic rings. The van der Waals surface area contributed by atoms with E-state index in [1.54, 1.807) is 19.1 Å². The Morgan fingerprint density at radius 2 is 1.89 bits per heavy atom. The number of carbonyl (C=O) groups is 2. The highest BCUT2D eigenvalue weighted by atomic mass is 16.5. The maximum absolute atomic E-state index is 13.0. The van der Waals surface area contributed by atoms with Gasteiger partial charge in [-0.15, -0.1) is 0 Å². The largest absolute Gasteiger partial charge is 0.491 e. The van der Waals surface area contributed by atoms with Gasteiger partial charge in [0.2, 0.25) is 0 Å². The Hall–Kier alpha value is -2.86. The van der Waals surface area contributed by atoms with Crippen molar-refractivity contribution in [3.05, 3.63) is 65.2 Å². The molecule has 2 N–H and O–H groups in total. The third kappa shape index (κ3) is 3.36. The van der Waals surface area contributed by atoms with Gasteiger partial charge in [0, 0.05) is 0 Å². The maximum atomic E-state index is 13.0. The molecule has 146 valence electrons. The SMILES string of the molecule is C[C@]1(c2ccc3c(c2)CCC3)NC(=O)N(C[C@H](O)COc2ccccc2)C1=O. The van der Waals surface area contributed by atoms with Crippen LogP contribution in [0.1, 0.15) is 30.0 Å². The van der Waals surface area contributed by atoms with E-state index < -0.39 is 17.7 Å². The van der Waals surface area contributed by atoms with Crippen molar-refractivity contribution in [2.24, 2.45) is 0 Å². The number of ether oxygens (including phenoxy) is 1. The molecular weight excluding hydrogens is 356 g/mol. The van der Waals surface area contributed by atoms with E-state index in [2.05, 4.69) is 5.32 Å². The van der Waals surface area contributed by atoms with Crippen LogP contribution in [0, 0.1) is 0 Å². The Morgan fingerprint density at radius 3 is 2.68 bits per heavy atom. The molecule has 1 saturated heterocycles. The van der Waals surface area contributed by atoms with Gasteiger partial charge in [-0.3, -0.25) is 9.69 Å². The number of nitrogens with one attached hydrogen (secondary N) is 1. The summed E-state index contributed by atoms with van der Waals surface area (Å²) in [5, 5.41) is 13.1. The molecule has 2 atom stereocenters. The minimum absolute atomic E-state index is 0.00334. The number of para-hydroxylation sites is 1. The Kier molecular flexibility index (Phi) is 4.81. The Bertz CT molecular complexity index is 899. The van der Waals surface area contributed by atoms with Crippen molar-refractivity contribution in [3.63, 3.8) is 0 Å². The summed E-state index contributed by atoms with van der Waals surface area (Å²) >= 11 is 0. The highest BCUT2D eigenvalue weighted by Crippen LogP contribution is 2.32. The monoisotopic (exact) mass is 380 g/mol. The summed E-state index contributed by atoms with van der Waals surface area (Å²) < 4.78 is 5.52. The number of amides is 3. The molecule has 0 spiro atoms. The quantitative estimate of drug-likeness (QED) is 0.755. The van der Waals surface area contributed by atoms with E-state index in [0.29, 0.717) is 5.75 Å². The molecule has 1 fully saturated rings. The fraction of sp³-hybridized carbons (Fsp3) is 0.364. The van der Waals surface area contributed by atoms with Crippen molar-refractivity contribution in [2.45, 2.75) is 37.8 Å². The van der Waals surface area contributed by atoms with Gasteiger partial charge < -0.3 is 15.2 Å². The van der Waals surface area contributed by atoms with Gasteiger partial charge in [0.05, 0.1) is 6.54 Å². The van der Waals surface area contributed by atoms with E-state index in [9.17, 15) is 14.7 Å². The van der Waals surface area contributed by atoms with Crippen molar-refractivity contribution >= 4 is 11.9 Å². The van der Waals surface area contributed by atoms with Gasteiger partial charge in [-0.1, -0.05) is 36.4 Å². The molecule has 6 nitrogen and oxygen atoms in total. The number of rotatable bonds is 6. The molecule has 1 heterocycles. The number of fused-ring (bicyclic) bond motifs is 1. The first-order chi connectivity index (χ1) is 13.5. The van der Waals surface area contributed by atoms with Crippen LogP contribution < -0.4 is 10.1 Å². The third-order valence-corrected chi connectivity index (χ3v) is 5.53. The van der Waals surface area contributed by atoms with Crippen LogP contribution in [-0.2, 0) is 23.2 Å². The van der Waals surface area contributed by atoms with Crippen LogP contribution >= 0.6 is 0 Å². The summed E-state index contributed by atoms with van der Waals surface area (Å²) in [4.78, 5) is 26.6. The molecule has 2 aromatic carbocycles. The van der Waals surface area contributed by atoms with Crippen molar-refractivity contribution < 1.29 is 19.4 Å². The number of hydrogen-bond acceptors (Lipinski definition) is 4. The second-order valence-corrected chi connectivity index (χ2v) is 7.59. The molecule has 1 aliphatic carbocycles. The zero-order valence-electron chi connectivity index (χ0n) is 15.9. The minimum atomic E-state index is -1.12. The predicted octanol–water partition coefficient (Wildman–Crippen LogP) is 2.38. The number of benzene rings is 2. The lowest BCUT2D eigenvalue weighted by molar-refractivity contribution is -0.132. The van der Waals surface area contributed by atoms with Crippen LogP contribution in [0.5, 0.6) is 5.75 Å². The number of hydrogen-bond donors (Lipinski definition) is 2. The van der Waals surface area contributed by atoms with Crippen LogP contribution in [0.4, 0.5) is 4.79 Å². The Morgan fingerprint density at radius 1 is 1.14 bits per heavy atom. The lowest BCUT2D eigenvalue weighted by Crippen LogP contribution is -2.42. The Labute approximate surface area is 164 Å². The minimum Gasteiger partial charge on any atom is -0.491 e. The van der Waals surface area contributed by atoms with E-state index in [1.807, 2.05) is 36.4 Å². The lowest BCUT2D eigenvalue weighted by Gasteiger charge is -2.24. The zero-order chi connectivity index (χ0) is 19.7. The fourth-order valence-corrected chi connectivity index (χ4v) is 3.91. The molecule has 6 heteroatoms. The average Bonchev–Trinajstić information content (AvgIpc) is 3.25. The van der Waals surface area contributed by atoms with Crippen molar-refractivity contribution in [3.8, 4) is 5.75 Å². The molecule has 28 heavy (non-hydrogen) atoms. The maximum Gasteiger partial charge on any atom is 0.325 e. The van der Waals surface area contributed by atoms with Gasteiger partial charge >= 0.3 is 6.03 Å². The molecular formula is C22H24N2O4. The van der Waals surface area contributed by atoms with Crippen LogP contribution in [0.2, 0.25) is 0 Å². The van der Waals surface area contributed by atoms with E-state index in [4.69, 9.17) is 4.74 Å². The summed E-state index contributed by atoms with van der Waals surface area (Å²) in [6, 6.07) is 14.6. The number of imide groups is 1. The molecule has 0 unspecified atom stereocenters. The molecule has 0 aromatic heterocycles. The molecule has 0 radical (unpaired) electrons. The highest BCUT2D eigenvalue weighted by molar-refractivity contribution is 6.07. The summed E-state index contributed by atoms with van der Waals surface area (Å²) in [5.41, 5.74) is 2.23. The number of carbonyl (C=O) groups excluding carboxylic acids is 2. The molecule has 2 aromatic rings. The van der Waals surface area contributed by atoms with Crippen LogP contribution in [0.25, 0.3) is 0 Å². The summed E-state index contributed by atoms with van der Waals surface area (Å²) in [5.74, 6) is 0.274. The number of aliphatic hydroxyl groups excluding tert-OH is 1. The Balaban J connectivity index is 1.44. The van der Waals surface area contributed by atoms with Crippen molar-refractivity contribution in [2.75, 3.05) is 13.2 Å². The van der Waals surface area contributed by atoms with E-state index in [-0.39, 0.29) is 19.1 Å². The van der Waals surface area contributed by atoms with Gasteiger partial charge in [0.1, 0.15) is 24.0 Å². The van der Waals surface area contributed by atoms with Gasteiger partial charge in [0.25, 0.3) is 5.91 Å². The van der Waals surface area contributed by atoms with Crippen LogP contribution in [-0.4, -0.2) is 41.2 Å². The normalized spacial score (nSPS) is 22.1. The summed E-state index contributed by atoms with van der Waals surface area (Å²) in [6.45, 7) is 1.60. The predicted molar refractivity (Wildman–Crippen MR) is 104 cm³/mol. The number of β-amino-alcohol motifs (C(OH)–C–C–N with tert-alkyl or cyclic N) is 1. The second kappa shape index (κ2) is 7.28. The lowest BCUT2D eigenvalue weighted by atomic mass is 9.89. The molecule has 4 rings (SSSR count). The topological polar surface area (TPSA) is 78.9 Å². The number of aliphatic hydroxyl groups is 1. The van der Waals surface area contributed by atoms with Crippen molar-refractivity contribution in [1.82, 2.24) is 10.2 Å². The first-order valence-electron chi connectivity index (χ1n) is 9.60. The van der Waals surface area contributed by atoms with E-state index in [1.165, 1.54) is 11.1 Å². The van der Waals surface area contributed by atoms with Crippen molar-refractivity contribution in [1.29, 1.82) is 0 Å². The second-order valence-electron chi connectivity index (χ2n) is 7.59. The van der Waals surface area contributed by atoms with E-state index in [0.717, 1.165) is 29.7 Å². The van der Waals surface area contributed by atoms with Gasteiger partial charge in [0.15, 0.2) is 0 Å². The van der Waals surface area contributed by atoms with E-state index >= 15 is 0 Å². The first kappa shape index (κ1) is 18.5. The molecule has 1 aliphatic heterocycles. The van der Waals surface area contributed by atoms with Gasteiger partial charge in [-0.05, 0) is 55.0 Å². The van der Waals surface area contributed by atoms with Crippen LogP contribution in [0.15, 0.2) is 48.5 Å². The fourth-order valence-electron chi connectivity index (χ4n) is 3.91. The van der Waals surface area contributed by atoms with Crippen LogP contribution in [0.3, 0.4) is 0 Å². The molecule has 0 bridgehead atoms. The summed E-state index contributed by atoms with van der Waals surface area (Å²) in [6.07, 6.45) is 2.21. The van der Waals surface area contributed by atoms with Gasteiger partial charge in [-0.2, -0.15) is 0 Å². The highest BCUT2D eigenvalue weighted by Gasteiger charge is 2.49. The first-order valence-corrected chi connectivity index (χ1v) is 9.60. The summed E-state index contributed by atoms with van der Waals surface area (Å²) in [7, 11) is 0. The third-order valence-electron chi connectivity index (χ3n) is 5.53. The molecule has 0 saturated carbocycles. The molecule has 3 amide bonds. The standard InChI is InChI=1S/C22H24N2O4/c1-22(17-11-10-15-6-5-7-16(15)12-17)20(26)24(21(27)23-22)13-18(25)14-28-19-8-3-2-4-9-19/h2-4,8-12,18,25H,5-7,13-14H2,1H3,(H,23,27)/t18-,22+/m0/s1. The van der Waals surface area contributed by atoms with Gasteiger partial charge in [-0.25, -0.2) is 4.79 Å². The zero-order valence-corrected chi connectivity index (χ0v) is 15.9. The number of nitrogens with zero attached hydrogens (tertiary/aromatic N) is 1. The number of urea groups is 1. The number of aryl methyl sites for hydroxylation is 2. The average molecular weight is 380 g/mol.